The molecule has 1 aliphatic rings. The largest absolute Gasteiger partial charge is 0.491 e. The summed E-state index contributed by atoms with van der Waals surface area (Å²) in [6.45, 7) is 0.430. The van der Waals surface area contributed by atoms with Gasteiger partial charge in [-0.25, -0.2) is 0 Å². The van der Waals surface area contributed by atoms with Crippen LogP contribution in [0.2, 0.25) is 0 Å². The van der Waals surface area contributed by atoms with Crippen molar-refractivity contribution in [3.8, 4) is 6.07 Å². The van der Waals surface area contributed by atoms with E-state index >= 15 is 0 Å². The molecule has 2 aromatic carbocycles. The van der Waals surface area contributed by atoms with Crippen LogP contribution in [-0.4, -0.2) is 12.1 Å². The highest BCUT2D eigenvalue weighted by molar-refractivity contribution is 6.61. The monoisotopic (exact) mass is 250 g/mol. The van der Waals surface area contributed by atoms with E-state index in [-0.39, 0.29) is 0 Å². The number of anilines is 2. The third-order valence-electron chi connectivity index (χ3n) is 3.11. The Labute approximate surface area is 111 Å². The number of fused-ring (bicyclic) bond motifs is 1. The average molecular weight is 250 g/mol. The molecule has 0 bridgehead atoms. The van der Waals surface area contributed by atoms with Crippen molar-refractivity contribution in [1.29, 1.82) is 5.26 Å². The summed E-state index contributed by atoms with van der Waals surface area (Å²) >= 11 is 0. The van der Waals surface area contributed by atoms with Gasteiger partial charge in [-0.05, 0) is 47.4 Å². The van der Waals surface area contributed by atoms with Gasteiger partial charge in [0.05, 0.1) is 18.2 Å². The van der Waals surface area contributed by atoms with Gasteiger partial charge in [0, 0.05) is 11.4 Å². The van der Waals surface area contributed by atoms with Crippen LogP contribution in [0.25, 0.3) is 0 Å². The molecule has 0 saturated heterocycles. The molecule has 0 fully saturated rings. The summed E-state index contributed by atoms with van der Waals surface area (Å²) in [5.74, 6) is 0. The average Bonchev–Trinajstić information content (AvgIpc) is 2.81. The van der Waals surface area contributed by atoms with Crippen LogP contribution in [-0.2, 0) is 11.3 Å². The predicted octanol–water partition coefficient (Wildman–Crippen LogP) is 1.52. The second-order valence-corrected chi connectivity index (χ2v) is 4.39. The van der Waals surface area contributed by atoms with Gasteiger partial charge in [0.2, 0.25) is 0 Å². The van der Waals surface area contributed by atoms with Gasteiger partial charge >= 0.3 is 7.12 Å². The van der Waals surface area contributed by atoms with E-state index in [4.69, 9.17) is 9.92 Å². The number of benzene rings is 2. The van der Waals surface area contributed by atoms with Crippen LogP contribution < -0.4 is 10.8 Å². The zero-order chi connectivity index (χ0) is 13.2. The molecule has 19 heavy (non-hydrogen) atoms. The molecular formula is C14H11BN2O2. The topological polar surface area (TPSA) is 65.3 Å². The molecule has 4 nitrogen and oxygen atoms in total. The minimum atomic E-state index is -0.807. The first-order valence-electron chi connectivity index (χ1n) is 5.96. The first-order valence-corrected chi connectivity index (χ1v) is 5.96. The Morgan fingerprint density at radius 1 is 1.16 bits per heavy atom. The second-order valence-electron chi connectivity index (χ2n) is 4.39. The van der Waals surface area contributed by atoms with Crippen molar-refractivity contribution < 1.29 is 9.68 Å². The standard InChI is InChI=1S/C14H11BN2O2/c16-8-10-1-3-12(4-2-10)17-13-5-6-14-11(7-13)9-19-15(14)18/h1-7,17-18H,9H2. The van der Waals surface area contributed by atoms with Crippen molar-refractivity contribution in [1.82, 2.24) is 0 Å². The van der Waals surface area contributed by atoms with E-state index in [1.165, 1.54) is 0 Å². The fourth-order valence-corrected chi connectivity index (χ4v) is 2.10. The van der Waals surface area contributed by atoms with Crippen LogP contribution in [0.1, 0.15) is 11.1 Å². The molecule has 0 unspecified atom stereocenters. The van der Waals surface area contributed by atoms with Gasteiger partial charge < -0.3 is 15.0 Å². The van der Waals surface area contributed by atoms with Crippen molar-refractivity contribution in [2.24, 2.45) is 0 Å². The molecule has 0 atom stereocenters. The summed E-state index contributed by atoms with van der Waals surface area (Å²) in [6, 6.07) is 15.1. The molecule has 0 aliphatic carbocycles. The van der Waals surface area contributed by atoms with Gasteiger partial charge in [0.1, 0.15) is 0 Å². The molecule has 0 aromatic heterocycles. The fraction of sp³-hybridized carbons (Fsp3) is 0.0714. The molecule has 2 aromatic rings. The third-order valence-corrected chi connectivity index (χ3v) is 3.11. The van der Waals surface area contributed by atoms with Gasteiger partial charge in [-0.3, -0.25) is 0 Å². The van der Waals surface area contributed by atoms with E-state index in [0.717, 1.165) is 22.4 Å². The zero-order valence-corrected chi connectivity index (χ0v) is 10.1. The fourth-order valence-electron chi connectivity index (χ4n) is 2.10. The highest BCUT2D eigenvalue weighted by atomic mass is 16.5. The number of hydrogen-bond donors (Lipinski definition) is 2. The van der Waals surface area contributed by atoms with Crippen LogP contribution >= 0.6 is 0 Å². The van der Waals surface area contributed by atoms with Gasteiger partial charge in [0.25, 0.3) is 0 Å². The smallest absolute Gasteiger partial charge is 0.423 e. The van der Waals surface area contributed by atoms with Crippen molar-refractivity contribution >= 4 is 24.0 Å². The number of rotatable bonds is 2. The van der Waals surface area contributed by atoms with Gasteiger partial charge in [0.15, 0.2) is 0 Å². The van der Waals surface area contributed by atoms with Crippen LogP contribution in [0.15, 0.2) is 42.5 Å². The van der Waals surface area contributed by atoms with Crippen molar-refractivity contribution in [2.75, 3.05) is 5.32 Å². The number of nitrogens with zero attached hydrogens (tertiary/aromatic N) is 1. The maximum absolute atomic E-state index is 9.55. The maximum Gasteiger partial charge on any atom is 0.491 e. The first kappa shape index (κ1) is 11.8. The molecule has 0 saturated carbocycles. The lowest BCUT2D eigenvalue weighted by molar-refractivity contribution is 0.275. The zero-order valence-electron chi connectivity index (χ0n) is 10.1. The summed E-state index contributed by atoms with van der Waals surface area (Å²) in [6.07, 6.45) is 0. The number of nitrogens with one attached hydrogen (secondary N) is 1. The van der Waals surface area contributed by atoms with Gasteiger partial charge in [-0.2, -0.15) is 5.26 Å². The van der Waals surface area contributed by atoms with Crippen molar-refractivity contribution in [3.05, 3.63) is 53.6 Å². The summed E-state index contributed by atoms with van der Waals surface area (Å²) in [7, 11) is -0.807. The highest BCUT2D eigenvalue weighted by Crippen LogP contribution is 2.20. The van der Waals surface area contributed by atoms with Crippen LogP contribution in [0.4, 0.5) is 11.4 Å². The molecule has 1 aliphatic heterocycles. The first-order chi connectivity index (χ1) is 9.26. The Bertz CT molecular complexity index is 649. The Kier molecular flexibility index (Phi) is 2.96. The molecule has 0 spiro atoms. The lowest BCUT2D eigenvalue weighted by Gasteiger charge is -2.08. The molecule has 2 N–H and O–H groups in total. The SMILES string of the molecule is N#Cc1ccc(Nc2ccc3c(c2)COB3O)cc1. The molecule has 0 amide bonds. The molecule has 1 heterocycles. The van der Waals surface area contributed by atoms with E-state index in [9.17, 15) is 5.02 Å². The summed E-state index contributed by atoms with van der Waals surface area (Å²) in [5.41, 5.74) is 4.30. The summed E-state index contributed by atoms with van der Waals surface area (Å²) in [4.78, 5) is 0. The lowest BCUT2D eigenvalue weighted by Crippen LogP contribution is -2.27. The Morgan fingerprint density at radius 2 is 1.89 bits per heavy atom. The molecule has 92 valence electrons. The third kappa shape index (κ3) is 2.32. The molecular weight excluding hydrogens is 239 g/mol. The Hall–Kier alpha value is -2.29. The predicted molar refractivity (Wildman–Crippen MR) is 73.3 cm³/mol. The van der Waals surface area contributed by atoms with Gasteiger partial charge in [-0.1, -0.05) is 6.07 Å². The Morgan fingerprint density at radius 3 is 2.63 bits per heavy atom. The Balaban J connectivity index is 1.82. The molecule has 3 rings (SSSR count). The van der Waals surface area contributed by atoms with Crippen LogP contribution in [0.3, 0.4) is 0 Å². The van der Waals surface area contributed by atoms with E-state index in [1.54, 1.807) is 12.1 Å². The molecule has 5 heteroatoms. The quantitative estimate of drug-likeness (QED) is 0.793. The van der Waals surface area contributed by atoms with Gasteiger partial charge in [-0.15, -0.1) is 0 Å². The minimum Gasteiger partial charge on any atom is -0.423 e. The molecule has 0 radical (unpaired) electrons. The number of hydrogen-bond acceptors (Lipinski definition) is 4. The van der Waals surface area contributed by atoms with E-state index in [0.29, 0.717) is 12.2 Å². The van der Waals surface area contributed by atoms with Crippen LogP contribution in [0.5, 0.6) is 0 Å². The minimum absolute atomic E-state index is 0.430. The summed E-state index contributed by atoms with van der Waals surface area (Å²) in [5, 5.41) is 21.5. The van der Waals surface area contributed by atoms with E-state index < -0.39 is 7.12 Å². The van der Waals surface area contributed by atoms with Crippen LogP contribution in [0, 0.1) is 11.3 Å². The van der Waals surface area contributed by atoms with E-state index in [2.05, 4.69) is 11.4 Å². The number of nitriles is 1. The second kappa shape index (κ2) is 4.77. The lowest BCUT2D eigenvalue weighted by atomic mass is 9.79. The van der Waals surface area contributed by atoms with Crippen molar-refractivity contribution in [2.45, 2.75) is 6.61 Å². The maximum atomic E-state index is 9.55. The van der Waals surface area contributed by atoms with Crippen molar-refractivity contribution in [3.63, 3.8) is 0 Å². The summed E-state index contributed by atoms with van der Waals surface area (Å²) < 4.78 is 5.15. The highest BCUT2D eigenvalue weighted by Gasteiger charge is 2.26. The van der Waals surface area contributed by atoms with E-state index in [1.807, 2.05) is 30.3 Å². The normalized spacial score (nSPS) is 12.9.